The third-order valence-electron chi connectivity index (χ3n) is 1.58. The van der Waals surface area contributed by atoms with Gasteiger partial charge < -0.3 is 4.42 Å². The summed E-state index contributed by atoms with van der Waals surface area (Å²) in [6.07, 6.45) is 7.56. The Morgan fingerprint density at radius 1 is 1.23 bits per heavy atom. The minimum atomic E-state index is 0.169. The minimum absolute atomic E-state index is 0.169. The van der Waals surface area contributed by atoms with Gasteiger partial charge in [0, 0.05) is 5.41 Å². The maximum atomic E-state index is 5.72. The van der Waals surface area contributed by atoms with Crippen LogP contribution in [0.25, 0.3) is 0 Å². The zero-order chi connectivity index (χ0) is 9.90. The Morgan fingerprint density at radius 2 is 1.85 bits per heavy atom. The zero-order valence-corrected chi connectivity index (χ0v) is 8.50. The van der Waals surface area contributed by atoms with Crippen molar-refractivity contribution in [1.82, 2.24) is 0 Å². The Hall–Kier alpha value is -1.11. The van der Waals surface area contributed by atoms with Crippen LogP contribution in [0.2, 0.25) is 0 Å². The van der Waals surface area contributed by atoms with Crippen LogP contribution in [-0.4, -0.2) is 12.4 Å². The second-order valence-corrected chi connectivity index (χ2v) is 4.39. The molecule has 13 heavy (non-hydrogen) atoms. The summed E-state index contributed by atoms with van der Waals surface area (Å²) in [5, 5.41) is 0. The Morgan fingerprint density at radius 3 is 2.38 bits per heavy atom. The SMILES string of the molecule is [CH-]=C1C=CC=CC1=[O+]CC(C)(C)C. The first-order valence-corrected chi connectivity index (χ1v) is 4.46. The number of carbonyl (C=O) groups excluding carboxylic acids is 1. The molecule has 0 N–H and O–H groups in total. The molecule has 0 spiro atoms. The lowest BCUT2D eigenvalue weighted by molar-refractivity contribution is -0.472. The lowest BCUT2D eigenvalue weighted by atomic mass is 9.99. The molecule has 1 rings (SSSR count). The van der Waals surface area contributed by atoms with Crippen LogP contribution in [0.15, 0.2) is 29.9 Å². The smallest absolute Gasteiger partial charge is 0.252 e. The van der Waals surface area contributed by atoms with Gasteiger partial charge in [-0.15, -0.1) is 6.08 Å². The average molecular weight is 176 g/mol. The molecule has 0 aromatic rings. The molecular formula is C12H16O. The normalized spacial score (nSPS) is 19.9. The molecule has 1 nitrogen and oxygen atoms in total. The van der Waals surface area contributed by atoms with Crippen LogP contribution in [0.5, 0.6) is 0 Å². The number of rotatable bonds is 1. The van der Waals surface area contributed by atoms with Crippen molar-refractivity contribution in [2.24, 2.45) is 5.41 Å². The molecule has 0 fully saturated rings. The molecule has 1 aliphatic rings. The van der Waals surface area contributed by atoms with Crippen LogP contribution in [0.1, 0.15) is 20.8 Å². The van der Waals surface area contributed by atoms with Crippen LogP contribution >= 0.6 is 0 Å². The molecule has 0 saturated heterocycles. The van der Waals surface area contributed by atoms with Gasteiger partial charge in [-0.05, 0) is 6.08 Å². The van der Waals surface area contributed by atoms with E-state index in [-0.39, 0.29) is 5.41 Å². The summed E-state index contributed by atoms with van der Waals surface area (Å²) in [6, 6.07) is 0. The summed E-state index contributed by atoms with van der Waals surface area (Å²) >= 11 is 0. The van der Waals surface area contributed by atoms with Crippen molar-refractivity contribution in [2.75, 3.05) is 6.61 Å². The molecule has 0 bridgehead atoms. The summed E-state index contributed by atoms with van der Waals surface area (Å²) in [4.78, 5) is 0. The van der Waals surface area contributed by atoms with Crippen LogP contribution in [0.3, 0.4) is 0 Å². The highest BCUT2D eigenvalue weighted by Crippen LogP contribution is 2.12. The van der Waals surface area contributed by atoms with E-state index in [9.17, 15) is 0 Å². The predicted octanol–water partition coefficient (Wildman–Crippen LogP) is 2.62. The molecule has 0 atom stereocenters. The van der Waals surface area contributed by atoms with Crippen molar-refractivity contribution in [1.29, 1.82) is 0 Å². The lowest BCUT2D eigenvalue weighted by Gasteiger charge is -2.10. The van der Waals surface area contributed by atoms with Crippen molar-refractivity contribution in [3.63, 3.8) is 0 Å². The molecule has 0 aromatic carbocycles. The van der Waals surface area contributed by atoms with Gasteiger partial charge in [-0.3, -0.25) is 0 Å². The monoisotopic (exact) mass is 176 g/mol. The fourth-order valence-corrected chi connectivity index (χ4v) is 0.906. The van der Waals surface area contributed by atoms with Crippen molar-refractivity contribution in [2.45, 2.75) is 20.8 Å². The lowest BCUT2D eigenvalue weighted by Crippen LogP contribution is -2.15. The highest BCUT2D eigenvalue weighted by atomic mass is 16.4. The molecule has 0 radical (unpaired) electrons. The van der Waals surface area contributed by atoms with Crippen LogP contribution in [-0.2, 0) is 4.42 Å². The highest BCUT2D eigenvalue weighted by molar-refractivity contribution is 6.06. The van der Waals surface area contributed by atoms with E-state index in [0.717, 1.165) is 5.78 Å². The van der Waals surface area contributed by atoms with E-state index in [1.54, 1.807) is 0 Å². The van der Waals surface area contributed by atoms with E-state index in [1.807, 2.05) is 24.3 Å². The molecular weight excluding hydrogens is 160 g/mol. The van der Waals surface area contributed by atoms with E-state index >= 15 is 0 Å². The highest BCUT2D eigenvalue weighted by Gasteiger charge is 2.16. The first-order chi connectivity index (χ1) is 5.99. The van der Waals surface area contributed by atoms with Crippen molar-refractivity contribution < 1.29 is 4.42 Å². The second kappa shape index (κ2) is 3.73. The number of hydrogen-bond donors (Lipinski definition) is 0. The first-order valence-electron chi connectivity index (χ1n) is 4.46. The van der Waals surface area contributed by atoms with Gasteiger partial charge in [0.05, 0.1) is 0 Å². The van der Waals surface area contributed by atoms with E-state index in [4.69, 9.17) is 11.0 Å². The van der Waals surface area contributed by atoms with Crippen LogP contribution in [0.4, 0.5) is 0 Å². The molecule has 0 aliphatic heterocycles. The van der Waals surface area contributed by atoms with Crippen LogP contribution in [0, 0.1) is 12.0 Å². The van der Waals surface area contributed by atoms with Crippen molar-refractivity contribution >= 4 is 5.78 Å². The molecule has 70 valence electrons. The molecule has 1 heteroatoms. The van der Waals surface area contributed by atoms with Gasteiger partial charge in [-0.1, -0.05) is 32.4 Å². The minimum Gasteiger partial charge on any atom is -0.313 e. The number of ketones is 1. The summed E-state index contributed by atoms with van der Waals surface area (Å²) in [5.74, 6) is 0.775. The maximum Gasteiger partial charge on any atom is 0.252 e. The Kier molecular flexibility index (Phi) is 2.86. The topological polar surface area (TPSA) is 11.3 Å². The second-order valence-electron chi connectivity index (χ2n) is 4.39. The largest absolute Gasteiger partial charge is 0.313 e. The van der Waals surface area contributed by atoms with Gasteiger partial charge in [0.1, 0.15) is 0 Å². The number of hydrogen-bond acceptors (Lipinski definition) is 0. The van der Waals surface area contributed by atoms with E-state index in [0.29, 0.717) is 12.2 Å². The average Bonchev–Trinajstić information content (AvgIpc) is 2.01. The van der Waals surface area contributed by atoms with E-state index < -0.39 is 0 Å². The third-order valence-corrected chi connectivity index (χ3v) is 1.58. The molecule has 0 unspecified atom stereocenters. The van der Waals surface area contributed by atoms with Crippen molar-refractivity contribution in [3.05, 3.63) is 36.5 Å². The summed E-state index contributed by atoms with van der Waals surface area (Å²) in [5.41, 5.74) is 0.870. The van der Waals surface area contributed by atoms with Gasteiger partial charge in [-0.25, -0.2) is 6.58 Å². The standard InChI is InChI=1S/C12H16O/c1-10-7-5-6-8-11(10)13-9-12(2,3)4/h1,5-8H,9H2,2-4H3. The van der Waals surface area contributed by atoms with Gasteiger partial charge in [0.15, 0.2) is 0 Å². The Bertz CT molecular complexity index is 285. The van der Waals surface area contributed by atoms with Crippen LogP contribution < -0.4 is 0 Å². The molecule has 0 saturated carbocycles. The maximum absolute atomic E-state index is 5.72. The van der Waals surface area contributed by atoms with Gasteiger partial charge in [0.2, 0.25) is 5.78 Å². The van der Waals surface area contributed by atoms with Gasteiger partial charge in [-0.2, -0.15) is 6.08 Å². The van der Waals surface area contributed by atoms with E-state index in [2.05, 4.69) is 20.8 Å². The fraction of sp³-hybridized carbons (Fsp3) is 0.417. The third kappa shape index (κ3) is 3.41. The molecule has 1 aliphatic carbocycles. The van der Waals surface area contributed by atoms with Gasteiger partial charge in [0.25, 0.3) is 6.61 Å². The van der Waals surface area contributed by atoms with Crippen molar-refractivity contribution in [3.8, 4) is 0 Å². The summed E-state index contributed by atoms with van der Waals surface area (Å²) in [6.45, 7) is 12.8. The number of allylic oxidation sites excluding steroid dienone is 5. The quantitative estimate of drug-likeness (QED) is 0.330. The van der Waals surface area contributed by atoms with E-state index in [1.165, 1.54) is 0 Å². The Balaban J connectivity index is 2.67. The summed E-state index contributed by atoms with van der Waals surface area (Å²) < 4.78 is 5.58. The Labute approximate surface area is 80.2 Å². The molecule has 0 amide bonds. The first kappa shape index (κ1) is 9.97. The van der Waals surface area contributed by atoms with Gasteiger partial charge >= 0.3 is 0 Å². The molecule has 0 aromatic heterocycles. The molecule has 0 heterocycles. The zero-order valence-electron chi connectivity index (χ0n) is 8.50. The predicted molar refractivity (Wildman–Crippen MR) is 55.4 cm³/mol. The fourth-order valence-electron chi connectivity index (χ4n) is 0.906. The summed E-state index contributed by atoms with van der Waals surface area (Å²) in [7, 11) is 0.